The van der Waals surface area contributed by atoms with Crippen molar-refractivity contribution >= 4 is 11.8 Å². The van der Waals surface area contributed by atoms with E-state index in [1.807, 2.05) is 19.1 Å². The Morgan fingerprint density at radius 2 is 1.56 bits per heavy atom. The summed E-state index contributed by atoms with van der Waals surface area (Å²) in [7, 11) is 4.67. The molecule has 1 N–H and O–H groups in total. The minimum Gasteiger partial charge on any atom is -0.493 e. The molecule has 0 amide bonds. The van der Waals surface area contributed by atoms with E-state index >= 15 is 0 Å². The third-order valence-electron chi connectivity index (χ3n) is 7.09. The summed E-state index contributed by atoms with van der Waals surface area (Å²) in [6, 6.07) is 3.66. The van der Waals surface area contributed by atoms with Crippen molar-refractivity contribution in [1.82, 2.24) is 5.32 Å². The normalized spacial score (nSPS) is 21.4. The molecule has 7 heteroatoms. The van der Waals surface area contributed by atoms with E-state index in [4.69, 9.17) is 18.9 Å². The summed E-state index contributed by atoms with van der Waals surface area (Å²) in [5, 5.41) is 3.36. The molecule has 1 aromatic carbocycles. The van der Waals surface area contributed by atoms with E-state index in [0.29, 0.717) is 34.8 Å². The predicted molar refractivity (Wildman–Crippen MR) is 128 cm³/mol. The molecule has 0 aromatic heterocycles. The molecule has 1 heterocycles. The molecule has 0 bridgehead atoms. The van der Waals surface area contributed by atoms with Crippen LogP contribution in [0.3, 0.4) is 0 Å². The zero-order chi connectivity index (χ0) is 24.2. The summed E-state index contributed by atoms with van der Waals surface area (Å²) in [6.45, 7) is 1.89. The van der Waals surface area contributed by atoms with E-state index in [1.54, 1.807) is 21.3 Å². The van der Waals surface area contributed by atoms with Crippen molar-refractivity contribution in [2.24, 2.45) is 0 Å². The molecular weight excluding hydrogens is 434 g/mol. The first-order chi connectivity index (χ1) is 16.5. The number of dihydropyridines is 1. The summed E-state index contributed by atoms with van der Waals surface area (Å²) >= 11 is 0. The highest BCUT2D eigenvalue weighted by Gasteiger charge is 2.40. The summed E-state index contributed by atoms with van der Waals surface area (Å²) in [6.07, 6.45) is 8.19. The predicted octanol–water partition coefficient (Wildman–Crippen LogP) is 4.95. The first-order valence-electron chi connectivity index (χ1n) is 12.2. The highest BCUT2D eigenvalue weighted by molar-refractivity contribution is 6.03. The third kappa shape index (κ3) is 4.65. The van der Waals surface area contributed by atoms with E-state index in [2.05, 4.69) is 5.32 Å². The molecule has 1 atom stereocenters. The number of nitrogens with one attached hydrogen (secondary N) is 1. The Morgan fingerprint density at radius 1 is 0.912 bits per heavy atom. The van der Waals surface area contributed by atoms with E-state index in [1.165, 1.54) is 12.8 Å². The zero-order valence-corrected chi connectivity index (χ0v) is 20.6. The van der Waals surface area contributed by atoms with E-state index in [9.17, 15) is 9.59 Å². The third-order valence-corrected chi connectivity index (χ3v) is 7.09. The Balaban J connectivity index is 1.80. The van der Waals surface area contributed by atoms with Crippen LogP contribution in [0.2, 0.25) is 0 Å². The molecule has 0 unspecified atom stereocenters. The molecule has 1 aromatic rings. The second kappa shape index (κ2) is 10.5. The number of ether oxygens (including phenoxy) is 4. The van der Waals surface area contributed by atoms with Gasteiger partial charge in [-0.1, -0.05) is 12.8 Å². The molecule has 0 spiro atoms. The molecule has 7 nitrogen and oxygen atoms in total. The van der Waals surface area contributed by atoms with Gasteiger partial charge in [0.1, 0.15) is 6.10 Å². The van der Waals surface area contributed by atoms with Gasteiger partial charge in [0.2, 0.25) is 5.75 Å². The van der Waals surface area contributed by atoms with Crippen LogP contribution in [0.25, 0.3) is 0 Å². The molecule has 1 saturated carbocycles. The van der Waals surface area contributed by atoms with Crippen molar-refractivity contribution in [3.8, 4) is 17.2 Å². The first-order valence-corrected chi connectivity index (χ1v) is 12.2. The average molecular weight is 470 g/mol. The number of esters is 1. The lowest BCUT2D eigenvalue weighted by atomic mass is 9.75. The topological polar surface area (TPSA) is 83.1 Å². The van der Waals surface area contributed by atoms with Crippen molar-refractivity contribution in [2.75, 3.05) is 21.3 Å². The molecule has 1 aliphatic heterocycles. The second-order valence-corrected chi connectivity index (χ2v) is 9.24. The Bertz CT molecular complexity index is 991. The van der Waals surface area contributed by atoms with Gasteiger partial charge in [-0.2, -0.15) is 0 Å². The zero-order valence-electron chi connectivity index (χ0n) is 20.6. The maximum Gasteiger partial charge on any atom is 0.337 e. The maximum absolute atomic E-state index is 13.6. The maximum atomic E-state index is 13.6. The van der Waals surface area contributed by atoms with Crippen LogP contribution in [-0.4, -0.2) is 39.2 Å². The largest absolute Gasteiger partial charge is 0.493 e. The van der Waals surface area contributed by atoms with Gasteiger partial charge in [-0.3, -0.25) is 4.79 Å². The molecule has 4 rings (SSSR count). The van der Waals surface area contributed by atoms with Crippen LogP contribution < -0.4 is 19.5 Å². The van der Waals surface area contributed by atoms with E-state index in [-0.39, 0.29) is 17.9 Å². The van der Waals surface area contributed by atoms with Crippen LogP contribution in [-0.2, 0) is 14.3 Å². The molecule has 0 saturated heterocycles. The van der Waals surface area contributed by atoms with Crippen molar-refractivity contribution < 1.29 is 28.5 Å². The smallest absolute Gasteiger partial charge is 0.337 e. The number of carbonyl (C=O) groups excluding carboxylic acids is 2. The number of Topliss-reactive ketones (excluding diaryl/α,β-unsaturated/α-hetero) is 1. The lowest BCUT2D eigenvalue weighted by Crippen LogP contribution is -2.35. The lowest BCUT2D eigenvalue weighted by molar-refractivity contribution is -0.145. The average Bonchev–Trinajstić information content (AvgIpc) is 3.10. The lowest BCUT2D eigenvalue weighted by Gasteiger charge is -2.35. The summed E-state index contributed by atoms with van der Waals surface area (Å²) in [5.74, 6) is 0.566. The minimum absolute atomic E-state index is 0.0553. The quantitative estimate of drug-likeness (QED) is 0.466. The molecule has 2 aliphatic carbocycles. The summed E-state index contributed by atoms with van der Waals surface area (Å²) < 4.78 is 22.7. The first kappa shape index (κ1) is 24.2. The van der Waals surface area contributed by atoms with Crippen molar-refractivity contribution in [3.05, 3.63) is 40.2 Å². The summed E-state index contributed by atoms with van der Waals surface area (Å²) in [5.41, 5.74) is 3.47. The van der Waals surface area contributed by atoms with Crippen LogP contribution in [0.15, 0.2) is 34.7 Å². The fraction of sp³-hybridized carbons (Fsp3) is 0.556. The van der Waals surface area contributed by atoms with Crippen LogP contribution in [0.5, 0.6) is 17.2 Å². The van der Waals surface area contributed by atoms with Gasteiger partial charge in [-0.05, 0) is 63.1 Å². The second-order valence-electron chi connectivity index (χ2n) is 9.24. The minimum atomic E-state index is -0.559. The SMILES string of the molecule is COc1cc([C@H]2C(C(=O)OC3CCCCCC3)=C(C)NC3=C2C(=O)CCC3)cc(OC)c1OC. The number of ketones is 1. The van der Waals surface area contributed by atoms with E-state index < -0.39 is 5.92 Å². The Morgan fingerprint density at radius 3 is 2.15 bits per heavy atom. The highest BCUT2D eigenvalue weighted by Crippen LogP contribution is 2.47. The van der Waals surface area contributed by atoms with Crippen molar-refractivity contribution in [2.45, 2.75) is 76.7 Å². The van der Waals surface area contributed by atoms with Crippen molar-refractivity contribution in [1.29, 1.82) is 0 Å². The summed E-state index contributed by atoms with van der Waals surface area (Å²) in [4.78, 5) is 26.8. The number of allylic oxidation sites excluding steroid dienone is 3. The molecule has 34 heavy (non-hydrogen) atoms. The van der Waals surface area contributed by atoms with Crippen LogP contribution in [0.4, 0.5) is 0 Å². The Hall–Kier alpha value is -2.96. The number of rotatable bonds is 6. The monoisotopic (exact) mass is 469 g/mol. The highest BCUT2D eigenvalue weighted by atomic mass is 16.5. The van der Waals surface area contributed by atoms with Gasteiger partial charge in [0.15, 0.2) is 17.3 Å². The number of hydrogen-bond donors (Lipinski definition) is 1. The fourth-order valence-electron chi connectivity index (χ4n) is 5.43. The van der Waals surface area contributed by atoms with Gasteiger partial charge in [0, 0.05) is 29.3 Å². The number of benzene rings is 1. The molecule has 3 aliphatic rings. The van der Waals surface area contributed by atoms with Crippen LogP contribution >= 0.6 is 0 Å². The van der Waals surface area contributed by atoms with Gasteiger partial charge in [0.05, 0.1) is 26.9 Å². The van der Waals surface area contributed by atoms with Gasteiger partial charge < -0.3 is 24.3 Å². The number of methoxy groups -OCH3 is 3. The van der Waals surface area contributed by atoms with Crippen LogP contribution in [0, 0.1) is 0 Å². The van der Waals surface area contributed by atoms with Crippen molar-refractivity contribution in [3.63, 3.8) is 0 Å². The van der Waals surface area contributed by atoms with Gasteiger partial charge in [0.25, 0.3) is 0 Å². The molecule has 184 valence electrons. The Kier molecular flexibility index (Phi) is 7.49. The fourth-order valence-corrected chi connectivity index (χ4v) is 5.43. The van der Waals surface area contributed by atoms with Gasteiger partial charge in [-0.25, -0.2) is 4.79 Å². The van der Waals surface area contributed by atoms with Gasteiger partial charge in [-0.15, -0.1) is 0 Å². The number of carbonyl (C=O) groups is 2. The molecule has 1 fully saturated rings. The molecular formula is C27H35NO6. The van der Waals surface area contributed by atoms with E-state index in [0.717, 1.165) is 55.5 Å². The Labute approximate surface area is 201 Å². The number of hydrogen-bond acceptors (Lipinski definition) is 7. The van der Waals surface area contributed by atoms with Gasteiger partial charge >= 0.3 is 5.97 Å². The molecule has 0 radical (unpaired) electrons. The van der Waals surface area contributed by atoms with Crippen LogP contribution in [0.1, 0.15) is 76.2 Å². The standard InChI is InChI=1S/C27H35NO6/c1-16-23(27(30)34-18-10-7-5-6-8-11-18)24(25-19(28-16)12-9-13-20(25)29)17-14-21(31-2)26(33-4)22(15-17)32-3/h14-15,18,24,28H,5-13H2,1-4H3/t24-/m0/s1.